The lowest BCUT2D eigenvalue weighted by Crippen LogP contribution is -2.57. The molecule has 1 N–H and O–H groups in total. The molecule has 1 aromatic rings. The molecule has 100 valence electrons. The van der Waals surface area contributed by atoms with Crippen molar-refractivity contribution in [2.45, 2.75) is 10.9 Å². The molecule has 0 saturated carbocycles. The fourth-order valence-corrected chi connectivity index (χ4v) is 4.49. The van der Waals surface area contributed by atoms with Crippen LogP contribution < -0.4 is 5.32 Å². The Morgan fingerprint density at radius 3 is 2.11 bits per heavy atom. The van der Waals surface area contributed by atoms with Crippen LogP contribution in [0.2, 0.25) is 15.1 Å². The van der Waals surface area contributed by atoms with Gasteiger partial charge < -0.3 is 5.32 Å². The van der Waals surface area contributed by atoms with Crippen molar-refractivity contribution < 1.29 is 8.42 Å². The highest BCUT2D eigenvalue weighted by Crippen LogP contribution is 2.34. The molecule has 1 aliphatic heterocycles. The van der Waals surface area contributed by atoms with Crippen molar-refractivity contribution in [1.29, 1.82) is 0 Å². The second kappa shape index (κ2) is 5.15. The molecule has 18 heavy (non-hydrogen) atoms. The van der Waals surface area contributed by atoms with E-state index < -0.39 is 10.0 Å². The maximum Gasteiger partial charge on any atom is 0.246 e. The highest BCUT2D eigenvalue weighted by atomic mass is 35.5. The van der Waals surface area contributed by atoms with Crippen molar-refractivity contribution >= 4 is 44.8 Å². The van der Waals surface area contributed by atoms with Gasteiger partial charge in [0, 0.05) is 31.2 Å². The number of rotatable bonds is 3. The normalized spacial score (nSPS) is 16.9. The molecule has 0 bridgehead atoms. The average Bonchev–Trinajstić information content (AvgIpc) is 2.11. The minimum absolute atomic E-state index is 0.0339. The number of sulfonamides is 1. The zero-order valence-electron chi connectivity index (χ0n) is 9.45. The van der Waals surface area contributed by atoms with Crippen molar-refractivity contribution in [1.82, 2.24) is 9.62 Å². The predicted molar refractivity (Wildman–Crippen MR) is 73.1 cm³/mol. The number of hydrogen-bond acceptors (Lipinski definition) is 3. The van der Waals surface area contributed by atoms with Crippen molar-refractivity contribution in [3.8, 4) is 0 Å². The first-order valence-corrected chi connectivity index (χ1v) is 7.74. The highest BCUT2D eigenvalue weighted by Gasteiger charge is 2.34. The standard InChI is InChI=1S/C10H11Cl3N2O2S/c1-15(7-4-14-5-7)18(16,17)10-8(12)2-6(11)3-9(10)13/h2-3,7,14H,4-5H2,1H3. The summed E-state index contributed by atoms with van der Waals surface area (Å²) < 4.78 is 26.1. The molecule has 0 aliphatic carbocycles. The first-order chi connectivity index (χ1) is 8.34. The summed E-state index contributed by atoms with van der Waals surface area (Å²) in [6.45, 7) is 1.25. The summed E-state index contributed by atoms with van der Waals surface area (Å²) in [5.41, 5.74) is 0. The number of hydrogen-bond donors (Lipinski definition) is 1. The maximum absolute atomic E-state index is 12.4. The van der Waals surface area contributed by atoms with E-state index in [4.69, 9.17) is 34.8 Å². The Morgan fingerprint density at radius 2 is 1.72 bits per heavy atom. The van der Waals surface area contributed by atoms with Crippen LogP contribution in [0.5, 0.6) is 0 Å². The van der Waals surface area contributed by atoms with Crippen molar-refractivity contribution in [2.75, 3.05) is 20.1 Å². The molecule has 1 fully saturated rings. The zero-order chi connectivity index (χ0) is 13.5. The van der Waals surface area contributed by atoms with Crippen LogP contribution in [0.25, 0.3) is 0 Å². The Morgan fingerprint density at radius 1 is 1.22 bits per heavy atom. The van der Waals surface area contributed by atoms with Crippen LogP contribution in [-0.2, 0) is 10.0 Å². The van der Waals surface area contributed by atoms with Gasteiger partial charge in [0.15, 0.2) is 0 Å². The summed E-state index contributed by atoms with van der Waals surface area (Å²) in [6, 6.07) is 2.67. The first kappa shape index (κ1) is 14.4. The maximum atomic E-state index is 12.4. The van der Waals surface area contributed by atoms with E-state index in [-0.39, 0.29) is 21.0 Å². The van der Waals surface area contributed by atoms with Crippen LogP contribution in [0.3, 0.4) is 0 Å². The van der Waals surface area contributed by atoms with Crippen LogP contribution >= 0.6 is 34.8 Å². The quantitative estimate of drug-likeness (QED) is 0.925. The van der Waals surface area contributed by atoms with Gasteiger partial charge >= 0.3 is 0 Å². The smallest absolute Gasteiger partial charge is 0.246 e. The Kier molecular flexibility index (Phi) is 4.11. The van der Waals surface area contributed by atoms with Gasteiger partial charge in [-0.2, -0.15) is 4.31 Å². The number of likely N-dealkylation sites (N-methyl/N-ethyl adjacent to an activating group) is 1. The van der Waals surface area contributed by atoms with Gasteiger partial charge in [-0.25, -0.2) is 8.42 Å². The van der Waals surface area contributed by atoms with Crippen LogP contribution in [0.1, 0.15) is 0 Å². The molecule has 1 aliphatic rings. The highest BCUT2D eigenvalue weighted by molar-refractivity contribution is 7.89. The van der Waals surface area contributed by atoms with Gasteiger partial charge in [-0.3, -0.25) is 0 Å². The summed E-state index contributed by atoms with van der Waals surface area (Å²) in [6.07, 6.45) is 0. The Bertz CT molecular complexity index is 549. The van der Waals surface area contributed by atoms with Crippen molar-refractivity contribution in [3.63, 3.8) is 0 Å². The molecule has 4 nitrogen and oxygen atoms in total. The fourth-order valence-electron chi connectivity index (χ4n) is 1.65. The Balaban J connectivity index is 2.47. The van der Waals surface area contributed by atoms with Gasteiger partial charge in [0.2, 0.25) is 10.0 Å². The van der Waals surface area contributed by atoms with Crippen LogP contribution in [0.4, 0.5) is 0 Å². The molecule has 2 rings (SSSR count). The van der Waals surface area contributed by atoms with E-state index in [1.54, 1.807) is 0 Å². The molecule has 0 spiro atoms. The minimum atomic E-state index is -3.71. The minimum Gasteiger partial charge on any atom is -0.313 e. The predicted octanol–water partition coefficient (Wildman–Crippen LogP) is 2.24. The number of nitrogens with zero attached hydrogens (tertiary/aromatic N) is 1. The average molecular weight is 330 g/mol. The van der Waals surface area contributed by atoms with Gasteiger partial charge in [0.1, 0.15) is 4.90 Å². The Labute approximate surface area is 121 Å². The van der Waals surface area contributed by atoms with Crippen molar-refractivity contribution in [2.24, 2.45) is 0 Å². The third-order valence-electron chi connectivity index (χ3n) is 2.87. The van der Waals surface area contributed by atoms with Crippen molar-refractivity contribution in [3.05, 3.63) is 27.2 Å². The molecule has 1 saturated heterocycles. The largest absolute Gasteiger partial charge is 0.313 e. The molecule has 8 heteroatoms. The van der Waals surface area contributed by atoms with E-state index in [0.717, 1.165) is 0 Å². The lowest BCUT2D eigenvalue weighted by atomic mass is 10.2. The SMILES string of the molecule is CN(C1CNC1)S(=O)(=O)c1c(Cl)cc(Cl)cc1Cl. The second-order valence-electron chi connectivity index (χ2n) is 4.03. The van der Waals surface area contributed by atoms with E-state index >= 15 is 0 Å². The summed E-state index contributed by atoms with van der Waals surface area (Å²) in [5.74, 6) is 0. The van der Waals surface area contributed by atoms with Crippen LogP contribution in [0, 0.1) is 0 Å². The van der Waals surface area contributed by atoms with Gasteiger partial charge in [0.05, 0.1) is 10.0 Å². The van der Waals surface area contributed by atoms with E-state index in [0.29, 0.717) is 18.1 Å². The monoisotopic (exact) mass is 328 g/mol. The van der Waals surface area contributed by atoms with E-state index in [2.05, 4.69) is 5.32 Å². The molecular weight excluding hydrogens is 319 g/mol. The van der Waals surface area contributed by atoms with Crippen LogP contribution in [0.15, 0.2) is 17.0 Å². The first-order valence-electron chi connectivity index (χ1n) is 5.17. The van der Waals surface area contributed by atoms with E-state index in [1.165, 1.54) is 23.5 Å². The topological polar surface area (TPSA) is 49.4 Å². The fraction of sp³-hybridized carbons (Fsp3) is 0.400. The zero-order valence-corrected chi connectivity index (χ0v) is 12.5. The van der Waals surface area contributed by atoms with Gasteiger partial charge in [-0.1, -0.05) is 34.8 Å². The second-order valence-corrected chi connectivity index (χ2v) is 7.22. The Hall–Kier alpha value is -0.0400. The lowest BCUT2D eigenvalue weighted by Gasteiger charge is -2.35. The molecule has 1 heterocycles. The van der Waals surface area contributed by atoms with Gasteiger partial charge in [-0.05, 0) is 12.1 Å². The van der Waals surface area contributed by atoms with E-state index in [9.17, 15) is 8.42 Å². The number of benzene rings is 1. The molecule has 0 radical (unpaired) electrons. The van der Waals surface area contributed by atoms with Gasteiger partial charge in [0.25, 0.3) is 0 Å². The third-order valence-corrected chi connectivity index (χ3v) is 5.92. The summed E-state index contributed by atoms with van der Waals surface area (Å²) in [5, 5.41) is 3.38. The summed E-state index contributed by atoms with van der Waals surface area (Å²) >= 11 is 17.6. The van der Waals surface area contributed by atoms with Gasteiger partial charge in [-0.15, -0.1) is 0 Å². The summed E-state index contributed by atoms with van der Waals surface area (Å²) in [7, 11) is -2.19. The summed E-state index contributed by atoms with van der Waals surface area (Å²) in [4.78, 5) is -0.0929. The molecule has 0 unspecified atom stereocenters. The molecule has 0 aromatic heterocycles. The van der Waals surface area contributed by atoms with E-state index in [1.807, 2.05) is 0 Å². The third kappa shape index (κ3) is 2.48. The van der Waals surface area contributed by atoms with Crippen LogP contribution in [-0.4, -0.2) is 38.9 Å². The lowest BCUT2D eigenvalue weighted by molar-refractivity contribution is 0.274. The molecule has 1 aromatic carbocycles. The number of nitrogens with one attached hydrogen (secondary N) is 1. The molecular formula is C10H11Cl3N2O2S. The molecule has 0 amide bonds. The molecule has 0 atom stereocenters. The number of halogens is 3.